The molecular formula is C11H11N3O4. The second kappa shape index (κ2) is 4.82. The second-order valence-corrected chi connectivity index (χ2v) is 3.72. The predicted octanol–water partition coefficient (Wildman–Crippen LogP) is 0.0587. The monoisotopic (exact) mass is 249 g/mol. The molecule has 1 aliphatic rings. The topological polar surface area (TPSA) is 88.6 Å². The van der Waals surface area contributed by atoms with Gasteiger partial charge in [0, 0.05) is 12.3 Å². The molecule has 1 fully saturated rings. The highest BCUT2D eigenvalue weighted by Gasteiger charge is 2.30. The van der Waals surface area contributed by atoms with Crippen LogP contribution in [0.3, 0.4) is 0 Å². The SMILES string of the molecule is COc1cc(CN2C(=O)CC(=O)NC2=O)ccn1. The normalized spacial score (nSPS) is 15.6. The van der Waals surface area contributed by atoms with Crippen molar-refractivity contribution in [1.29, 1.82) is 0 Å². The van der Waals surface area contributed by atoms with Crippen molar-refractivity contribution in [3.63, 3.8) is 0 Å². The summed E-state index contributed by atoms with van der Waals surface area (Å²) in [6.07, 6.45) is 1.21. The quantitative estimate of drug-likeness (QED) is 0.765. The molecular weight excluding hydrogens is 238 g/mol. The van der Waals surface area contributed by atoms with Gasteiger partial charge in [-0.15, -0.1) is 0 Å². The van der Waals surface area contributed by atoms with Crippen molar-refractivity contribution in [3.8, 4) is 5.88 Å². The maximum Gasteiger partial charge on any atom is 0.331 e. The number of rotatable bonds is 3. The van der Waals surface area contributed by atoms with E-state index < -0.39 is 17.8 Å². The summed E-state index contributed by atoms with van der Waals surface area (Å²) < 4.78 is 4.95. The molecule has 2 heterocycles. The highest BCUT2D eigenvalue weighted by Crippen LogP contribution is 2.13. The number of carbonyl (C=O) groups is 3. The molecule has 0 radical (unpaired) electrons. The molecule has 1 aromatic heterocycles. The predicted molar refractivity (Wildman–Crippen MR) is 59.5 cm³/mol. The summed E-state index contributed by atoms with van der Waals surface area (Å²) in [4.78, 5) is 38.9. The third-order valence-corrected chi connectivity index (χ3v) is 2.45. The molecule has 7 heteroatoms. The van der Waals surface area contributed by atoms with Crippen LogP contribution in [-0.4, -0.2) is 34.8 Å². The summed E-state index contributed by atoms with van der Waals surface area (Å²) in [7, 11) is 1.48. The molecule has 7 nitrogen and oxygen atoms in total. The van der Waals surface area contributed by atoms with Crippen molar-refractivity contribution in [2.24, 2.45) is 0 Å². The van der Waals surface area contributed by atoms with Crippen LogP contribution >= 0.6 is 0 Å². The zero-order chi connectivity index (χ0) is 13.1. The van der Waals surface area contributed by atoms with E-state index in [1.807, 2.05) is 0 Å². The first-order chi connectivity index (χ1) is 8.60. The molecule has 94 valence electrons. The lowest BCUT2D eigenvalue weighted by atomic mass is 10.2. The number of nitrogens with one attached hydrogen (secondary N) is 1. The van der Waals surface area contributed by atoms with Crippen molar-refractivity contribution in [2.45, 2.75) is 13.0 Å². The Labute approximate surface area is 103 Å². The molecule has 0 saturated carbocycles. The highest BCUT2D eigenvalue weighted by molar-refractivity contribution is 6.13. The Morgan fingerprint density at radius 1 is 1.44 bits per heavy atom. The Hall–Kier alpha value is -2.44. The number of nitrogens with zero attached hydrogens (tertiary/aromatic N) is 2. The molecule has 0 bridgehead atoms. The molecule has 1 saturated heterocycles. The number of carbonyl (C=O) groups excluding carboxylic acids is 3. The van der Waals surface area contributed by atoms with Gasteiger partial charge in [0.15, 0.2) is 0 Å². The van der Waals surface area contributed by atoms with Crippen LogP contribution in [0.15, 0.2) is 18.3 Å². The average Bonchev–Trinajstić information content (AvgIpc) is 2.34. The zero-order valence-corrected chi connectivity index (χ0v) is 9.67. The van der Waals surface area contributed by atoms with Gasteiger partial charge in [-0.25, -0.2) is 9.78 Å². The Kier molecular flexibility index (Phi) is 3.22. The lowest BCUT2D eigenvalue weighted by Crippen LogP contribution is -2.52. The smallest absolute Gasteiger partial charge is 0.331 e. The van der Waals surface area contributed by atoms with E-state index in [4.69, 9.17) is 4.74 Å². The Morgan fingerprint density at radius 2 is 2.22 bits per heavy atom. The standard InChI is InChI=1S/C11H11N3O4/c1-18-9-4-7(2-3-12-9)6-14-10(16)5-8(15)13-11(14)17/h2-4H,5-6H2,1H3,(H,13,15,17). The van der Waals surface area contributed by atoms with Crippen LogP contribution in [-0.2, 0) is 16.1 Å². The third kappa shape index (κ3) is 2.45. The van der Waals surface area contributed by atoms with E-state index in [1.165, 1.54) is 13.3 Å². The van der Waals surface area contributed by atoms with Crippen LogP contribution in [0, 0.1) is 0 Å². The second-order valence-electron chi connectivity index (χ2n) is 3.72. The molecule has 1 aromatic rings. The van der Waals surface area contributed by atoms with Crippen LogP contribution < -0.4 is 10.1 Å². The lowest BCUT2D eigenvalue weighted by molar-refractivity contribution is -0.136. The molecule has 0 atom stereocenters. The number of ether oxygens (including phenoxy) is 1. The Bertz CT molecular complexity index is 495. The van der Waals surface area contributed by atoms with Gasteiger partial charge in [-0.2, -0.15) is 0 Å². The largest absolute Gasteiger partial charge is 0.481 e. The van der Waals surface area contributed by atoms with E-state index in [9.17, 15) is 14.4 Å². The third-order valence-electron chi connectivity index (χ3n) is 2.45. The van der Waals surface area contributed by atoms with Gasteiger partial charge in [-0.3, -0.25) is 19.8 Å². The van der Waals surface area contributed by atoms with E-state index in [2.05, 4.69) is 10.3 Å². The molecule has 4 amide bonds. The van der Waals surface area contributed by atoms with Crippen LogP contribution in [0.4, 0.5) is 4.79 Å². The van der Waals surface area contributed by atoms with Crippen LogP contribution in [0.2, 0.25) is 0 Å². The molecule has 18 heavy (non-hydrogen) atoms. The van der Waals surface area contributed by atoms with Crippen molar-refractivity contribution in [1.82, 2.24) is 15.2 Å². The Morgan fingerprint density at radius 3 is 2.89 bits per heavy atom. The van der Waals surface area contributed by atoms with E-state index in [1.54, 1.807) is 12.1 Å². The minimum Gasteiger partial charge on any atom is -0.481 e. The number of amides is 4. The van der Waals surface area contributed by atoms with Crippen LogP contribution in [0.25, 0.3) is 0 Å². The number of hydrogen-bond donors (Lipinski definition) is 1. The molecule has 0 aromatic carbocycles. The van der Waals surface area contributed by atoms with Crippen molar-refractivity contribution in [3.05, 3.63) is 23.9 Å². The number of urea groups is 1. The summed E-state index contributed by atoms with van der Waals surface area (Å²) in [5.41, 5.74) is 0.694. The van der Waals surface area contributed by atoms with Gasteiger partial charge in [-0.05, 0) is 11.6 Å². The summed E-state index contributed by atoms with van der Waals surface area (Å²) in [5.74, 6) is -0.693. The molecule has 2 rings (SSSR count). The van der Waals surface area contributed by atoms with Crippen molar-refractivity contribution in [2.75, 3.05) is 7.11 Å². The number of imide groups is 2. The number of barbiturate groups is 1. The molecule has 0 unspecified atom stereocenters. The first-order valence-electron chi connectivity index (χ1n) is 5.23. The summed E-state index contributed by atoms with van der Waals surface area (Å²) >= 11 is 0. The summed E-state index contributed by atoms with van der Waals surface area (Å²) in [6, 6.07) is 2.59. The maximum absolute atomic E-state index is 11.6. The molecule has 0 aliphatic carbocycles. The van der Waals surface area contributed by atoms with Gasteiger partial charge in [0.25, 0.3) is 0 Å². The summed E-state index contributed by atoms with van der Waals surface area (Å²) in [5, 5.41) is 2.09. The van der Waals surface area contributed by atoms with E-state index in [0.717, 1.165) is 4.90 Å². The fourth-order valence-corrected chi connectivity index (χ4v) is 1.58. The Balaban J connectivity index is 2.15. The van der Waals surface area contributed by atoms with E-state index >= 15 is 0 Å². The fraction of sp³-hybridized carbons (Fsp3) is 0.273. The molecule has 1 N–H and O–H groups in total. The number of hydrogen-bond acceptors (Lipinski definition) is 5. The van der Waals surface area contributed by atoms with Gasteiger partial charge in [0.2, 0.25) is 17.7 Å². The first-order valence-corrected chi connectivity index (χ1v) is 5.23. The number of methoxy groups -OCH3 is 1. The first kappa shape index (κ1) is 12.0. The number of pyridine rings is 1. The van der Waals surface area contributed by atoms with Crippen LogP contribution in [0.5, 0.6) is 5.88 Å². The average molecular weight is 249 g/mol. The van der Waals surface area contributed by atoms with Gasteiger partial charge in [0.1, 0.15) is 6.42 Å². The maximum atomic E-state index is 11.6. The van der Waals surface area contributed by atoms with Gasteiger partial charge < -0.3 is 4.74 Å². The van der Waals surface area contributed by atoms with E-state index in [0.29, 0.717) is 11.4 Å². The van der Waals surface area contributed by atoms with Crippen molar-refractivity contribution < 1.29 is 19.1 Å². The van der Waals surface area contributed by atoms with Crippen LogP contribution in [0.1, 0.15) is 12.0 Å². The minimum absolute atomic E-state index is 0.0802. The van der Waals surface area contributed by atoms with Gasteiger partial charge in [0.05, 0.1) is 13.7 Å². The van der Waals surface area contributed by atoms with Gasteiger partial charge in [-0.1, -0.05) is 0 Å². The van der Waals surface area contributed by atoms with E-state index in [-0.39, 0.29) is 13.0 Å². The minimum atomic E-state index is -0.702. The van der Waals surface area contributed by atoms with Gasteiger partial charge >= 0.3 is 6.03 Å². The lowest BCUT2D eigenvalue weighted by Gasteiger charge is -2.24. The summed E-state index contributed by atoms with van der Waals surface area (Å²) in [6.45, 7) is 0.0802. The zero-order valence-electron chi connectivity index (χ0n) is 9.67. The highest BCUT2D eigenvalue weighted by atomic mass is 16.5. The fourth-order valence-electron chi connectivity index (χ4n) is 1.58. The number of aromatic nitrogens is 1. The van der Waals surface area contributed by atoms with Crippen molar-refractivity contribution >= 4 is 17.8 Å². The molecule has 0 spiro atoms. The molecule has 1 aliphatic heterocycles.